The second kappa shape index (κ2) is 5.97. The van der Waals surface area contributed by atoms with Crippen molar-refractivity contribution < 1.29 is 9.21 Å². The van der Waals surface area contributed by atoms with Crippen LogP contribution in [0.1, 0.15) is 11.3 Å². The van der Waals surface area contributed by atoms with E-state index in [9.17, 15) is 4.79 Å². The monoisotopic (exact) mass is 299 g/mol. The minimum atomic E-state index is -0.0413. The molecule has 1 amide bonds. The molecule has 1 N–H and O–H groups in total. The summed E-state index contributed by atoms with van der Waals surface area (Å²) >= 11 is 1.35. The molecular weight excluding hydrogens is 286 g/mol. The van der Waals surface area contributed by atoms with Crippen molar-refractivity contribution in [3.05, 3.63) is 47.7 Å². The molecule has 1 aromatic carbocycles. The van der Waals surface area contributed by atoms with Gasteiger partial charge in [-0.25, -0.2) is 0 Å². The highest BCUT2D eigenvalue weighted by atomic mass is 32.2. The maximum Gasteiger partial charge on any atom is 0.236 e. The molecule has 2 heterocycles. The average molecular weight is 299 g/mol. The van der Waals surface area contributed by atoms with Gasteiger partial charge in [-0.1, -0.05) is 36.0 Å². The molecule has 1 aliphatic heterocycles. The van der Waals surface area contributed by atoms with Crippen LogP contribution in [0.15, 0.2) is 51.0 Å². The van der Waals surface area contributed by atoms with Crippen LogP contribution in [0.5, 0.6) is 0 Å². The number of amidine groups is 1. The molecule has 0 unspecified atom stereocenters. The van der Waals surface area contributed by atoms with E-state index in [0.29, 0.717) is 10.9 Å². The van der Waals surface area contributed by atoms with Crippen molar-refractivity contribution in [2.75, 3.05) is 5.75 Å². The van der Waals surface area contributed by atoms with Crippen LogP contribution < -0.4 is 5.32 Å². The number of benzene rings is 1. The Morgan fingerprint density at radius 2 is 2.14 bits per heavy atom. The number of amides is 1. The van der Waals surface area contributed by atoms with Gasteiger partial charge in [-0.05, 0) is 19.1 Å². The largest absolute Gasteiger partial charge is 0.461 e. The number of nitrogens with one attached hydrogen (secondary N) is 1. The van der Waals surface area contributed by atoms with Crippen molar-refractivity contribution >= 4 is 29.1 Å². The van der Waals surface area contributed by atoms with Crippen LogP contribution in [-0.2, 0) is 4.79 Å². The Morgan fingerprint density at radius 3 is 2.86 bits per heavy atom. The molecule has 0 bridgehead atoms. The lowest BCUT2D eigenvalue weighted by Crippen LogP contribution is -2.19. The number of rotatable bonds is 3. The Bertz CT molecular complexity index is 734. The summed E-state index contributed by atoms with van der Waals surface area (Å²) < 4.78 is 5.65. The number of thioether (sulfide) groups is 1. The maximum absolute atomic E-state index is 11.1. The van der Waals surface area contributed by atoms with Crippen LogP contribution in [-0.4, -0.2) is 23.0 Å². The molecule has 21 heavy (non-hydrogen) atoms. The van der Waals surface area contributed by atoms with Crippen molar-refractivity contribution in [1.29, 1.82) is 0 Å². The third-order valence-electron chi connectivity index (χ3n) is 2.90. The lowest BCUT2D eigenvalue weighted by atomic mass is 10.1. The number of nitrogens with zero attached hydrogens (tertiary/aromatic N) is 2. The first-order valence-electron chi connectivity index (χ1n) is 6.42. The molecule has 6 heteroatoms. The van der Waals surface area contributed by atoms with Gasteiger partial charge in [0.25, 0.3) is 0 Å². The maximum atomic E-state index is 11.1. The van der Waals surface area contributed by atoms with E-state index in [-0.39, 0.29) is 5.91 Å². The smallest absolute Gasteiger partial charge is 0.236 e. The van der Waals surface area contributed by atoms with E-state index in [0.717, 1.165) is 22.6 Å². The van der Waals surface area contributed by atoms with E-state index >= 15 is 0 Å². The number of furan rings is 1. The zero-order chi connectivity index (χ0) is 14.7. The molecule has 5 nitrogen and oxygen atoms in total. The highest BCUT2D eigenvalue weighted by molar-refractivity contribution is 8.15. The van der Waals surface area contributed by atoms with E-state index in [1.54, 1.807) is 6.21 Å². The first kappa shape index (κ1) is 13.6. The number of hydrogen-bond acceptors (Lipinski definition) is 5. The normalized spacial score (nSPS) is 16.8. The number of hydrogen-bond donors (Lipinski definition) is 1. The zero-order valence-corrected chi connectivity index (χ0v) is 12.2. The summed E-state index contributed by atoms with van der Waals surface area (Å²) in [5.41, 5.74) is 1.86. The molecule has 0 atom stereocenters. The molecule has 0 aliphatic carbocycles. The van der Waals surface area contributed by atoms with Crippen molar-refractivity contribution in [2.45, 2.75) is 6.92 Å². The summed E-state index contributed by atoms with van der Waals surface area (Å²) in [5.74, 6) is 2.02. The van der Waals surface area contributed by atoms with Gasteiger partial charge in [0, 0.05) is 11.1 Å². The van der Waals surface area contributed by atoms with Gasteiger partial charge in [-0.15, -0.1) is 5.10 Å². The molecule has 0 saturated carbocycles. The van der Waals surface area contributed by atoms with Crippen LogP contribution in [0, 0.1) is 6.92 Å². The highest BCUT2D eigenvalue weighted by Crippen LogP contribution is 2.24. The molecule has 0 radical (unpaired) electrons. The number of carbonyl (C=O) groups is 1. The lowest BCUT2D eigenvalue weighted by molar-refractivity contribution is -0.116. The fourth-order valence-corrected chi connectivity index (χ4v) is 2.57. The van der Waals surface area contributed by atoms with Crippen LogP contribution >= 0.6 is 11.8 Å². The van der Waals surface area contributed by atoms with E-state index in [2.05, 4.69) is 15.5 Å². The van der Waals surface area contributed by atoms with Gasteiger partial charge in [-0.3, -0.25) is 4.79 Å². The van der Waals surface area contributed by atoms with Gasteiger partial charge in [0.05, 0.1) is 12.0 Å². The molecule has 1 fully saturated rings. The minimum Gasteiger partial charge on any atom is -0.461 e. The van der Waals surface area contributed by atoms with Gasteiger partial charge in [0.2, 0.25) is 5.91 Å². The Labute approximate surface area is 126 Å². The van der Waals surface area contributed by atoms with Crippen LogP contribution in [0.4, 0.5) is 0 Å². The fourth-order valence-electron chi connectivity index (χ4n) is 1.94. The summed E-state index contributed by atoms with van der Waals surface area (Å²) in [6.07, 6.45) is 1.66. The molecular formula is C15H13N3O2S. The minimum absolute atomic E-state index is 0.0413. The Kier molecular flexibility index (Phi) is 3.87. The van der Waals surface area contributed by atoms with Gasteiger partial charge in [0.1, 0.15) is 11.5 Å². The lowest BCUT2D eigenvalue weighted by Gasteiger charge is -2.01. The Hall–Kier alpha value is -2.34. The van der Waals surface area contributed by atoms with Gasteiger partial charge >= 0.3 is 0 Å². The number of aryl methyl sites for hydroxylation is 1. The predicted octanol–water partition coefficient (Wildman–Crippen LogP) is 2.81. The van der Waals surface area contributed by atoms with Gasteiger partial charge in [-0.2, -0.15) is 5.10 Å². The summed E-state index contributed by atoms with van der Waals surface area (Å²) in [6, 6.07) is 11.6. The third-order valence-corrected chi connectivity index (χ3v) is 3.76. The molecule has 1 saturated heterocycles. The van der Waals surface area contributed by atoms with Crippen molar-refractivity contribution in [3.8, 4) is 11.3 Å². The molecule has 106 valence electrons. The topological polar surface area (TPSA) is 67.0 Å². The first-order valence-corrected chi connectivity index (χ1v) is 7.40. The summed E-state index contributed by atoms with van der Waals surface area (Å²) in [4.78, 5) is 11.1. The van der Waals surface area contributed by atoms with Crippen molar-refractivity contribution in [3.63, 3.8) is 0 Å². The van der Waals surface area contributed by atoms with E-state index in [4.69, 9.17) is 4.42 Å². The Morgan fingerprint density at radius 1 is 1.29 bits per heavy atom. The summed E-state index contributed by atoms with van der Waals surface area (Å²) in [6.45, 7) is 1.91. The van der Waals surface area contributed by atoms with E-state index in [1.807, 2.05) is 43.3 Å². The quantitative estimate of drug-likeness (QED) is 0.700. The fraction of sp³-hybridized carbons (Fsp3) is 0.133. The van der Waals surface area contributed by atoms with E-state index in [1.165, 1.54) is 11.8 Å². The van der Waals surface area contributed by atoms with Crippen molar-refractivity contribution in [1.82, 2.24) is 5.32 Å². The van der Waals surface area contributed by atoms with Gasteiger partial charge < -0.3 is 9.73 Å². The standard InChI is InChI=1S/C15H13N3O2S/c1-10-6-7-13(20-10)12-5-3-2-4-11(12)8-16-18-15-17-14(19)9-21-15/h2-8H,9H2,1H3,(H,17,18,19). The summed E-state index contributed by atoms with van der Waals surface area (Å²) in [5, 5.41) is 11.2. The molecule has 1 aliphatic rings. The van der Waals surface area contributed by atoms with Crippen LogP contribution in [0.2, 0.25) is 0 Å². The second-order valence-corrected chi connectivity index (χ2v) is 5.45. The molecule has 1 aromatic heterocycles. The Balaban J connectivity index is 1.84. The predicted molar refractivity (Wildman–Crippen MR) is 84.5 cm³/mol. The molecule has 3 rings (SSSR count). The molecule has 0 spiro atoms. The average Bonchev–Trinajstić information content (AvgIpc) is 3.08. The van der Waals surface area contributed by atoms with Crippen molar-refractivity contribution in [2.24, 2.45) is 10.2 Å². The zero-order valence-electron chi connectivity index (χ0n) is 11.4. The SMILES string of the molecule is Cc1ccc(-c2ccccc2C=NN=C2NC(=O)CS2)o1. The van der Waals surface area contributed by atoms with Crippen LogP contribution in [0.3, 0.4) is 0 Å². The van der Waals surface area contributed by atoms with Gasteiger partial charge in [0.15, 0.2) is 5.17 Å². The van der Waals surface area contributed by atoms with Crippen LogP contribution in [0.25, 0.3) is 11.3 Å². The van der Waals surface area contributed by atoms with E-state index < -0.39 is 0 Å². The highest BCUT2D eigenvalue weighted by Gasteiger charge is 2.16. The third kappa shape index (κ3) is 3.22. The summed E-state index contributed by atoms with van der Waals surface area (Å²) in [7, 11) is 0. The second-order valence-electron chi connectivity index (χ2n) is 4.48. The number of carbonyl (C=O) groups excluding carboxylic acids is 1. The molecule has 2 aromatic rings. The first-order chi connectivity index (χ1) is 10.2.